The minimum Gasteiger partial charge on any atom is -0.351 e. The molecule has 0 saturated heterocycles. The molecule has 0 bridgehead atoms. The SMILES string of the molecule is FC(F)(F)c1cc(Nc2ccc(Br)c(C(F)(F)F)c2)nc(NC2CC2)n1. The summed E-state index contributed by atoms with van der Waals surface area (Å²) in [7, 11) is 0. The van der Waals surface area contributed by atoms with Crippen LogP contribution in [0.25, 0.3) is 0 Å². The van der Waals surface area contributed by atoms with Crippen LogP contribution in [0.1, 0.15) is 24.1 Å². The van der Waals surface area contributed by atoms with Crippen LogP contribution in [-0.4, -0.2) is 16.0 Å². The Bertz CT molecular complexity index is 817. The van der Waals surface area contributed by atoms with E-state index in [1.807, 2.05) is 0 Å². The molecule has 1 aromatic heterocycles. The standard InChI is InChI=1S/C15H11BrF6N4/c16-10-4-3-8(5-9(10)14(17,18)19)23-12-6-11(15(20,21)22)25-13(26-12)24-7-1-2-7/h3-7H,1-2H2,(H2,23,24,25,26). The molecule has 140 valence electrons. The summed E-state index contributed by atoms with van der Waals surface area (Å²) in [6.07, 6.45) is -7.73. The van der Waals surface area contributed by atoms with Crippen LogP contribution in [0.5, 0.6) is 0 Å². The molecule has 0 spiro atoms. The van der Waals surface area contributed by atoms with Crippen LogP contribution in [0, 0.1) is 0 Å². The number of aromatic nitrogens is 2. The van der Waals surface area contributed by atoms with E-state index in [4.69, 9.17) is 0 Å². The second-order valence-corrected chi connectivity index (χ2v) is 6.55. The van der Waals surface area contributed by atoms with Gasteiger partial charge in [-0.2, -0.15) is 31.3 Å². The van der Waals surface area contributed by atoms with Crippen LogP contribution >= 0.6 is 15.9 Å². The van der Waals surface area contributed by atoms with Crippen molar-refractivity contribution in [3.63, 3.8) is 0 Å². The van der Waals surface area contributed by atoms with Gasteiger partial charge in [0.2, 0.25) is 5.95 Å². The number of hydrogen-bond acceptors (Lipinski definition) is 4. The van der Waals surface area contributed by atoms with E-state index in [9.17, 15) is 26.3 Å². The zero-order chi connectivity index (χ0) is 19.1. The van der Waals surface area contributed by atoms with Crippen molar-refractivity contribution in [2.45, 2.75) is 31.2 Å². The molecule has 3 rings (SSSR count). The number of halogens is 7. The van der Waals surface area contributed by atoms with E-state index < -0.39 is 23.6 Å². The molecule has 1 heterocycles. The molecule has 1 saturated carbocycles. The lowest BCUT2D eigenvalue weighted by Gasteiger charge is -2.14. The molecular formula is C15H11BrF6N4. The monoisotopic (exact) mass is 440 g/mol. The number of hydrogen-bond donors (Lipinski definition) is 2. The first-order valence-electron chi connectivity index (χ1n) is 7.39. The molecule has 0 unspecified atom stereocenters. The fourth-order valence-electron chi connectivity index (χ4n) is 2.10. The van der Waals surface area contributed by atoms with Gasteiger partial charge in [-0.15, -0.1) is 0 Å². The first kappa shape index (κ1) is 18.7. The summed E-state index contributed by atoms with van der Waals surface area (Å²) in [6.45, 7) is 0. The quantitative estimate of drug-likeness (QED) is 0.608. The van der Waals surface area contributed by atoms with Crippen molar-refractivity contribution in [2.75, 3.05) is 10.6 Å². The fourth-order valence-corrected chi connectivity index (χ4v) is 2.57. The highest BCUT2D eigenvalue weighted by Gasteiger charge is 2.35. The van der Waals surface area contributed by atoms with Gasteiger partial charge < -0.3 is 10.6 Å². The highest BCUT2D eigenvalue weighted by molar-refractivity contribution is 9.10. The van der Waals surface area contributed by atoms with Crippen LogP contribution < -0.4 is 10.6 Å². The Morgan fingerprint density at radius 1 is 0.962 bits per heavy atom. The van der Waals surface area contributed by atoms with Crippen LogP contribution in [0.4, 0.5) is 43.8 Å². The number of anilines is 3. The fraction of sp³-hybridized carbons (Fsp3) is 0.333. The summed E-state index contributed by atoms with van der Waals surface area (Å²) in [5.74, 6) is -0.482. The summed E-state index contributed by atoms with van der Waals surface area (Å²) in [6, 6.07) is 3.89. The zero-order valence-corrected chi connectivity index (χ0v) is 14.4. The summed E-state index contributed by atoms with van der Waals surface area (Å²) in [4.78, 5) is 7.33. The van der Waals surface area contributed by atoms with Gasteiger partial charge in [0.25, 0.3) is 0 Å². The maximum Gasteiger partial charge on any atom is 0.433 e. The molecule has 2 aromatic rings. The Morgan fingerprint density at radius 2 is 1.65 bits per heavy atom. The van der Waals surface area contributed by atoms with E-state index in [0.717, 1.165) is 25.0 Å². The predicted molar refractivity (Wildman–Crippen MR) is 86.1 cm³/mol. The molecule has 11 heteroatoms. The first-order valence-corrected chi connectivity index (χ1v) is 8.18. The van der Waals surface area contributed by atoms with Gasteiger partial charge >= 0.3 is 12.4 Å². The van der Waals surface area contributed by atoms with Crippen molar-refractivity contribution in [1.82, 2.24) is 9.97 Å². The van der Waals surface area contributed by atoms with Crippen molar-refractivity contribution in [1.29, 1.82) is 0 Å². The van der Waals surface area contributed by atoms with Gasteiger partial charge in [-0.05, 0) is 31.0 Å². The van der Waals surface area contributed by atoms with Crippen LogP contribution in [-0.2, 0) is 12.4 Å². The van der Waals surface area contributed by atoms with Crippen molar-refractivity contribution in [3.05, 3.63) is 40.0 Å². The van der Waals surface area contributed by atoms with E-state index in [2.05, 4.69) is 36.5 Å². The van der Waals surface area contributed by atoms with E-state index in [1.54, 1.807) is 0 Å². The highest BCUT2D eigenvalue weighted by atomic mass is 79.9. The highest BCUT2D eigenvalue weighted by Crippen LogP contribution is 2.37. The molecule has 1 aliphatic rings. The topological polar surface area (TPSA) is 49.8 Å². The maximum atomic E-state index is 13.0. The van der Waals surface area contributed by atoms with E-state index in [-0.39, 0.29) is 28.0 Å². The molecule has 0 amide bonds. The normalized spacial score (nSPS) is 15.0. The van der Waals surface area contributed by atoms with Crippen molar-refractivity contribution >= 4 is 33.4 Å². The molecule has 0 aliphatic heterocycles. The van der Waals surface area contributed by atoms with Gasteiger partial charge in [0.15, 0.2) is 5.69 Å². The molecule has 2 N–H and O–H groups in total. The Kier molecular flexibility index (Phi) is 4.76. The van der Waals surface area contributed by atoms with E-state index >= 15 is 0 Å². The third-order valence-corrected chi connectivity index (χ3v) is 4.16. The van der Waals surface area contributed by atoms with Crippen molar-refractivity contribution in [2.24, 2.45) is 0 Å². The average molecular weight is 441 g/mol. The van der Waals surface area contributed by atoms with E-state index in [0.29, 0.717) is 6.07 Å². The second-order valence-electron chi connectivity index (χ2n) is 5.70. The largest absolute Gasteiger partial charge is 0.433 e. The number of nitrogens with one attached hydrogen (secondary N) is 2. The third-order valence-electron chi connectivity index (χ3n) is 3.47. The second kappa shape index (κ2) is 6.60. The molecule has 0 radical (unpaired) electrons. The number of rotatable bonds is 4. The lowest BCUT2D eigenvalue weighted by atomic mass is 10.2. The molecular weight excluding hydrogens is 430 g/mol. The van der Waals surface area contributed by atoms with Gasteiger partial charge in [-0.25, -0.2) is 4.98 Å². The van der Waals surface area contributed by atoms with Crippen molar-refractivity contribution in [3.8, 4) is 0 Å². The number of alkyl halides is 6. The summed E-state index contributed by atoms with van der Waals surface area (Å²) < 4.78 is 77.7. The van der Waals surface area contributed by atoms with Gasteiger partial charge in [-0.3, -0.25) is 0 Å². The maximum absolute atomic E-state index is 13.0. The molecule has 0 atom stereocenters. The van der Waals surface area contributed by atoms with Gasteiger partial charge in [0.1, 0.15) is 5.82 Å². The molecule has 4 nitrogen and oxygen atoms in total. The van der Waals surface area contributed by atoms with Gasteiger partial charge in [0.05, 0.1) is 5.56 Å². The van der Waals surface area contributed by atoms with Gasteiger partial charge in [-0.1, -0.05) is 15.9 Å². The zero-order valence-electron chi connectivity index (χ0n) is 12.8. The predicted octanol–water partition coefficient (Wildman–Crippen LogP) is 5.59. The number of benzene rings is 1. The van der Waals surface area contributed by atoms with E-state index in [1.165, 1.54) is 6.07 Å². The minimum absolute atomic E-state index is 0.0100. The Labute approximate surface area is 152 Å². The van der Waals surface area contributed by atoms with Crippen LogP contribution in [0.15, 0.2) is 28.7 Å². The smallest absolute Gasteiger partial charge is 0.351 e. The summed E-state index contributed by atoms with van der Waals surface area (Å²) >= 11 is 2.80. The Balaban J connectivity index is 1.93. The summed E-state index contributed by atoms with van der Waals surface area (Å²) in [5.41, 5.74) is -2.19. The van der Waals surface area contributed by atoms with Crippen LogP contribution in [0.2, 0.25) is 0 Å². The lowest BCUT2D eigenvalue weighted by molar-refractivity contribution is -0.141. The van der Waals surface area contributed by atoms with Crippen LogP contribution in [0.3, 0.4) is 0 Å². The summed E-state index contributed by atoms with van der Waals surface area (Å²) in [5, 5.41) is 5.23. The van der Waals surface area contributed by atoms with Crippen molar-refractivity contribution < 1.29 is 26.3 Å². The first-order chi connectivity index (χ1) is 12.0. The molecule has 26 heavy (non-hydrogen) atoms. The third kappa shape index (κ3) is 4.57. The average Bonchev–Trinajstić information content (AvgIpc) is 3.31. The Hall–Kier alpha value is -2.04. The molecule has 1 fully saturated rings. The Morgan fingerprint density at radius 3 is 2.23 bits per heavy atom. The lowest BCUT2D eigenvalue weighted by Crippen LogP contribution is -2.14. The molecule has 1 aliphatic carbocycles. The minimum atomic E-state index is -4.71. The number of nitrogens with zero attached hydrogens (tertiary/aromatic N) is 2. The van der Waals surface area contributed by atoms with Gasteiger partial charge in [0, 0.05) is 22.3 Å². The molecule has 1 aromatic carbocycles.